The predicted molar refractivity (Wildman–Crippen MR) is 111 cm³/mol. The van der Waals surface area contributed by atoms with E-state index >= 15 is 0 Å². The molecular weight excluding hydrogens is 346 g/mol. The molecule has 0 radical (unpaired) electrons. The maximum atomic E-state index is 12.3. The molecule has 0 fully saturated rings. The Hall–Kier alpha value is -3.51. The number of amides is 1. The smallest absolute Gasteiger partial charge is 0.224 e. The highest BCUT2D eigenvalue weighted by Crippen LogP contribution is 2.30. The van der Waals surface area contributed by atoms with Crippen LogP contribution in [0.25, 0.3) is 11.1 Å². The number of nitrogens with one attached hydrogen (secondary N) is 1. The highest BCUT2D eigenvalue weighted by atomic mass is 16.5. The Kier molecular flexibility index (Phi) is 5.12. The maximum Gasteiger partial charge on any atom is 0.224 e. The van der Waals surface area contributed by atoms with Crippen LogP contribution in [0.1, 0.15) is 22.3 Å². The number of terminal acetylenes is 1. The molecule has 1 heterocycles. The first kappa shape index (κ1) is 17.9. The van der Waals surface area contributed by atoms with Crippen LogP contribution in [0, 0.1) is 12.3 Å². The zero-order valence-electron chi connectivity index (χ0n) is 15.6. The Morgan fingerprint density at radius 3 is 2.64 bits per heavy atom. The van der Waals surface area contributed by atoms with Gasteiger partial charge in [0, 0.05) is 18.5 Å². The van der Waals surface area contributed by atoms with Crippen LogP contribution in [0.5, 0.6) is 5.75 Å². The van der Waals surface area contributed by atoms with Gasteiger partial charge < -0.3 is 10.1 Å². The van der Waals surface area contributed by atoms with E-state index in [0.717, 1.165) is 41.0 Å². The normalized spacial score (nSPS) is 12.0. The summed E-state index contributed by atoms with van der Waals surface area (Å²) in [4.78, 5) is 12.3. The summed E-state index contributed by atoms with van der Waals surface area (Å²) in [7, 11) is 0. The van der Waals surface area contributed by atoms with Crippen LogP contribution in [0.3, 0.4) is 0 Å². The van der Waals surface area contributed by atoms with Crippen molar-refractivity contribution in [3.05, 3.63) is 89.0 Å². The second-order valence-electron chi connectivity index (χ2n) is 6.87. The molecule has 3 aromatic rings. The number of carbonyl (C=O) groups excluding carboxylic acids is 1. The largest absolute Gasteiger partial charge is 0.493 e. The fourth-order valence-electron chi connectivity index (χ4n) is 3.43. The standard InChI is InChI=1S/C25H21NO2/c1-2-19-5-3-4-6-21(19)16-25(27)26-17-18-7-9-20(10-8-18)22-11-12-24-23(15-22)13-14-28-24/h1,3-12,15H,13-14,16-17H2,(H,26,27). The molecule has 0 aromatic heterocycles. The van der Waals surface area contributed by atoms with E-state index in [2.05, 4.69) is 47.6 Å². The third kappa shape index (κ3) is 3.92. The number of benzene rings is 3. The van der Waals surface area contributed by atoms with Crippen LogP contribution in [-0.4, -0.2) is 12.5 Å². The zero-order valence-corrected chi connectivity index (χ0v) is 15.6. The molecule has 4 rings (SSSR count). The highest BCUT2D eigenvalue weighted by molar-refractivity contribution is 5.79. The van der Waals surface area contributed by atoms with Gasteiger partial charge in [0.1, 0.15) is 5.75 Å². The van der Waals surface area contributed by atoms with Crippen molar-refractivity contribution in [3.63, 3.8) is 0 Å². The molecule has 0 saturated heterocycles. The highest BCUT2D eigenvalue weighted by Gasteiger charge is 2.12. The Bertz CT molecular complexity index is 1040. The van der Waals surface area contributed by atoms with Crippen LogP contribution in [0.4, 0.5) is 0 Å². The van der Waals surface area contributed by atoms with E-state index in [-0.39, 0.29) is 12.3 Å². The molecule has 3 heteroatoms. The summed E-state index contributed by atoms with van der Waals surface area (Å²) in [6.45, 7) is 1.26. The number of carbonyl (C=O) groups is 1. The molecular formula is C25H21NO2. The van der Waals surface area contributed by atoms with Gasteiger partial charge in [-0.2, -0.15) is 0 Å². The quantitative estimate of drug-likeness (QED) is 0.689. The summed E-state index contributed by atoms with van der Waals surface area (Å²) in [6, 6.07) is 22.1. The molecule has 1 amide bonds. The van der Waals surface area contributed by atoms with Crippen molar-refractivity contribution in [2.24, 2.45) is 0 Å². The van der Waals surface area contributed by atoms with Gasteiger partial charge in [0.2, 0.25) is 5.91 Å². The van der Waals surface area contributed by atoms with Gasteiger partial charge >= 0.3 is 0 Å². The Balaban J connectivity index is 1.37. The van der Waals surface area contributed by atoms with Gasteiger partial charge in [-0.05, 0) is 46.0 Å². The summed E-state index contributed by atoms with van der Waals surface area (Å²) < 4.78 is 5.57. The van der Waals surface area contributed by atoms with Gasteiger partial charge in [-0.25, -0.2) is 0 Å². The summed E-state index contributed by atoms with van der Waals surface area (Å²) in [6.07, 6.45) is 6.75. The maximum absolute atomic E-state index is 12.3. The minimum Gasteiger partial charge on any atom is -0.493 e. The van der Waals surface area contributed by atoms with Crippen molar-refractivity contribution in [2.45, 2.75) is 19.4 Å². The zero-order chi connectivity index (χ0) is 19.3. The lowest BCUT2D eigenvalue weighted by Crippen LogP contribution is -2.24. The number of hydrogen-bond acceptors (Lipinski definition) is 2. The van der Waals surface area contributed by atoms with Crippen LogP contribution >= 0.6 is 0 Å². The van der Waals surface area contributed by atoms with E-state index in [1.807, 2.05) is 30.3 Å². The molecule has 0 bridgehead atoms. The number of fused-ring (bicyclic) bond motifs is 1. The van der Waals surface area contributed by atoms with Crippen LogP contribution in [-0.2, 0) is 24.2 Å². The molecule has 28 heavy (non-hydrogen) atoms. The first-order valence-electron chi connectivity index (χ1n) is 9.39. The minimum atomic E-state index is -0.0367. The summed E-state index contributed by atoms with van der Waals surface area (Å²) in [5.41, 5.74) is 6.31. The molecule has 0 aliphatic carbocycles. The number of hydrogen-bond donors (Lipinski definition) is 1. The van der Waals surface area contributed by atoms with Crippen LogP contribution < -0.4 is 10.1 Å². The van der Waals surface area contributed by atoms with Crippen molar-refractivity contribution in [2.75, 3.05) is 6.61 Å². The SMILES string of the molecule is C#Cc1ccccc1CC(=O)NCc1ccc(-c2ccc3c(c2)CCO3)cc1. The molecule has 1 N–H and O–H groups in total. The fourth-order valence-corrected chi connectivity index (χ4v) is 3.43. The van der Waals surface area contributed by atoms with E-state index in [1.165, 1.54) is 11.1 Å². The topological polar surface area (TPSA) is 38.3 Å². The van der Waals surface area contributed by atoms with Crippen LogP contribution in [0.2, 0.25) is 0 Å². The molecule has 0 atom stereocenters. The average molecular weight is 367 g/mol. The monoisotopic (exact) mass is 367 g/mol. The molecule has 3 nitrogen and oxygen atoms in total. The molecule has 1 aliphatic rings. The lowest BCUT2D eigenvalue weighted by Gasteiger charge is -2.09. The van der Waals surface area contributed by atoms with E-state index in [0.29, 0.717) is 6.54 Å². The molecule has 0 saturated carbocycles. The van der Waals surface area contributed by atoms with Gasteiger partial charge in [0.15, 0.2) is 0 Å². The first-order valence-corrected chi connectivity index (χ1v) is 9.39. The molecule has 1 aliphatic heterocycles. The average Bonchev–Trinajstić information content (AvgIpc) is 3.21. The van der Waals surface area contributed by atoms with E-state index in [1.54, 1.807) is 0 Å². The van der Waals surface area contributed by atoms with Gasteiger partial charge in [-0.3, -0.25) is 4.79 Å². The van der Waals surface area contributed by atoms with Crippen molar-refractivity contribution in [3.8, 4) is 29.2 Å². The fraction of sp³-hybridized carbons (Fsp3) is 0.160. The third-order valence-electron chi connectivity index (χ3n) is 4.99. The van der Waals surface area contributed by atoms with Crippen molar-refractivity contribution >= 4 is 5.91 Å². The van der Waals surface area contributed by atoms with Crippen molar-refractivity contribution in [1.29, 1.82) is 0 Å². The van der Waals surface area contributed by atoms with Gasteiger partial charge in [-0.1, -0.05) is 54.5 Å². The second-order valence-corrected chi connectivity index (χ2v) is 6.87. The second kappa shape index (κ2) is 8.02. The molecule has 0 unspecified atom stereocenters. The van der Waals surface area contributed by atoms with Crippen molar-refractivity contribution in [1.82, 2.24) is 5.32 Å². The van der Waals surface area contributed by atoms with Gasteiger partial charge in [0.05, 0.1) is 13.0 Å². The first-order chi connectivity index (χ1) is 13.7. The number of rotatable bonds is 5. The van der Waals surface area contributed by atoms with Crippen LogP contribution in [0.15, 0.2) is 66.7 Å². The molecule has 3 aromatic carbocycles. The minimum absolute atomic E-state index is 0.0367. The lowest BCUT2D eigenvalue weighted by atomic mass is 10.0. The van der Waals surface area contributed by atoms with Gasteiger partial charge in [0.25, 0.3) is 0 Å². The Morgan fingerprint density at radius 2 is 1.82 bits per heavy atom. The Morgan fingerprint density at radius 1 is 1.04 bits per heavy atom. The summed E-state index contributed by atoms with van der Waals surface area (Å²) in [5.74, 6) is 3.58. The molecule has 0 spiro atoms. The lowest BCUT2D eigenvalue weighted by molar-refractivity contribution is -0.120. The summed E-state index contributed by atoms with van der Waals surface area (Å²) >= 11 is 0. The van der Waals surface area contributed by atoms with E-state index in [4.69, 9.17) is 11.2 Å². The van der Waals surface area contributed by atoms with E-state index in [9.17, 15) is 4.79 Å². The van der Waals surface area contributed by atoms with E-state index < -0.39 is 0 Å². The third-order valence-corrected chi connectivity index (χ3v) is 4.99. The number of ether oxygens (including phenoxy) is 1. The van der Waals surface area contributed by atoms with Gasteiger partial charge in [-0.15, -0.1) is 6.42 Å². The predicted octanol–water partition coefficient (Wildman–Crippen LogP) is 4.13. The molecule has 138 valence electrons. The Labute approximate surface area is 165 Å². The van der Waals surface area contributed by atoms with Crippen molar-refractivity contribution < 1.29 is 9.53 Å². The summed E-state index contributed by atoms with van der Waals surface area (Å²) in [5, 5.41) is 2.97.